The first-order valence-corrected chi connectivity index (χ1v) is 9.81. The van der Waals surface area contributed by atoms with Crippen molar-refractivity contribution in [2.75, 3.05) is 11.2 Å². The van der Waals surface area contributed by atoms with Gasteiger partial charge in [0.05, 0.1) is 0 Å². The van der Waals surface area contributed by atoms with Crippen molar-refractivity contribution in [2.45, 2.75) is 37.2 Å². The topological polar surface area (TPSA) is 62.3 Å². The van der Waals surface area contributed by atoms with Crippen LogP contribution in [0.2, 0.25) is 0 Å². The maximum atomic E-state index is 13.1. The smallest absolute Gasteiger partial charge is 0.251 e. The van der Waals surface area contributed by atoms with Gasteiger partial charge < -0.3 is 5.32 Å². The summed E-state index contributed by atoms with van der Waals surface area (Å²) in [7, 11) is 0. The molecule has 1 aromatic heterocycles. The molecule has 1 N–H and O–H groups in total. The molecule has 0 saturated heterocycles. The number of rotatable bonds is 6. The Balaban J connectivity index is 2.57. The van der Waals surface area contributed by atoms with Crippen molar-refractivity contribution >= 4 is 29.3 Å². The molecule has 0 aliphatic carbocycles. The summed E-state index contributed by atoms with van der Waals surface area (Å²) in [6.45, 7) is 9.31. The van der Waals surface area contributed by atoms with Gasteiger partial charge >= 0.3 is 0 Å². The fraction of sp³-hybridized carbons (Fsp3) is 0.286. The van der Waals surface area contributed by atoms with Gasteiger partial charge in [-0.05, 0) is 63.4 Å². The van der Waals surface area contributed by atoms with E-state index < -0.39 is 11.6 Å². The number of anilines is 1. The molecule has 1 atom stereocenters. The van der Waals surface area contributed by atoms with Gasteiger partial charge in [0.2, 0.25) is 5.91 Å². The van der Waals surface area contributed by atoms with Crippen LogP contribution in [0.1, 0.15) is 32.4 Å². The average molecular weight is 384 g/mol. The van der Waals surface area contributed by atoms with E-state index in [0.29, 0.717) is 11.3 Å². The lowest BCUT2D eigenvalue weighted by Crippen LogP contribution is -2.49. The van der Waals surface area contributed by atoms with Crippen LogP contribution in [0.25, 0.3) is 0 Å². The van der Waals surface area contributed by atoms with Gasteiger partial charge in [0.25, 0.3) is 5.91 Å². The third kappa shape index (κ3) is 5.44. The highest BCUT2D eigenvalue weighted by Gasteiger charge is 2.33. The van der Waals surface area contributed by atoms with Gasteiger partial charge in [-0.2, -0.15) is 0 Å². The minimum absolute atomic E-state index is 0.278. The maximum absolute atomic E-state index is 13.1. The zero-order chi connectivity index (χ0) is 20.0. The van der Waals surface area contributed by atoms with Crippen molar-refractivity contribution in [3.8, 4) is 0 Å². The van der Waals surface area contributed by atoms with E-state index in [0.717, 1.165) is 4.90 Å². The molecule has 0 aliphatic rings. The van der Waals surface area contributed by atoms with E-state index in [1.165, 1.54) is 11.0 Å². The summed E-state index contributed by atoms with van der Waals surface area (Å²) in [5.41, 5.74) is 0.808. The van der Waals surface area contributed by atoms with Crippen LogP contribution in [0.4, 0.5) is 5.69 Å². The molecule has 1 heterocycles. The first-order valence-electron chi connectivity index (χ1n) is 8.58. The van der Waals surface area contributed by atoms with E-state index in [9.17, 15) is 9.59 Å². The molecule has 0 fully saturated rings. The van der Waals surface area contributed by atoms with E-state index in [-0.39, 0.29) is 11.8 Å². The minimum atomic E-state index is -0.858. The molecule has 5 nitrogen and oxygen atoms in total. The Morgan fingerprint density at radius 3 is 2.37 bits per heavy atom. The van der Waals surface area contributed by atoms with Gasteiger partial charge in [-0.25, -0.2) is 0 Å². The molecule has 6 heteroatoms. The maximum Gasteiger partial charge on any atom is 0.251 e. The molecule has 2 amide bonds. The van der Waals surface area contributed by atoms with Gasteiger partial charge in [-0.15, -0.1) is 11.8 Å². The highest BCUT2D eigenvalue weighted by Crippen LogP contribution is 2.30. The van der Waals surface area contributed by atoms with E-state index >= 15 is 0 Å². The summed E-state index contributed by atoms with van der Waals surface area (Å²) in [4.78, 5) is 32.6. The van der Waals surface area contributed by atoms with Crippen molar-refractivity contribution in [1.29, 1.82) is 0 Å². The number of hydrogen-bond donors (Lipinski definition) is 1. The van der Waals surface area contributed by atoms with Crippen LogP contribution >= 0.6 is 11.8 Å². The fourth-order valence-electron chi connectivity index (χ4n) is 2.64. The predicted molar refractivity (Wildman–Crippen MR) is 111 cm³/mol. The average Bonchev–Trinajstić information content (AvgIpc) is 2.64. The Hall–Kier alpha value is -2.60. The van der Waals surface area contributed by atoms with Crippen LogP contribution in [0.5, 0.6) is 0 Å². The number of nitrogens with zero attached hydrogens (tertiary/aromatic N) is 2. The molecule has 2 rings (SSSR count). The Morgan fingerprint density at radius 2 is 1.89 bits per heavy atom. The van der Waals surface area contributed by atoms with E-state index in [1.807, 2.05) is 51.3 Å². The highest BCUT2D eigenvalue weighted by atomic mass is 32.2. The van der Waals surface area contributed by atoms with Gasteiger partial charge in [0, 0.05) is 34.1 Å². The second kappa shape index (κ2) is 8.86. The van der Waals surface area contributed by atoms with Crippen molar-refractivity contribution < 1.29 is 9.59 Å². The van der Waals surface area contributed by atoms with Crippen molar-refractivity contribution in [3.63, 3.8) is 0 Å². The number of aromatic nitrogens is 1. The Labute approximate surface area is 164 Å². The van der Waals surface area contributed by atoms with Crippen LogP contribution < -0.4 is 10.2 Å². The number of nitrogens with one attached hydrogen (secondary N) is 1. The Kier molecular flexibility index (Phi) is 6.80. The number of benzene rings is 1. The number of hydrogen-bond acceptors (Lipinski definition) is 4. The standard InChI is InChI=1S/C21H25N3O2S/c1-6-18(25)24(16-9-11-17(27-5)12-10-16)19(15-8-7-13-22-14-15)20(26)23-21(2,3)4/h6-14,19H,1H2,2-5H3,(H,23,26). The number of carbonyl (C=O) groups excluding carboxylic acids is 2. The number of carbonyl (C=O) groups is 2. The molecular formula is C21H25N3O2S. The number of thioether (sulfide) groups is 1. The van der Waals surface area contributed by atoms with Gasteiger partial charge in [0.1, 0.15) is 6.04 Å². The molecule has 2 aromatic rings. The Morgan fingerprint density at radius 1 is 1.22 bits per heavy atom. The SMILES string of the molecule is C=CC(=O)N(c1ccc(SC)cc1)C(C(=O)NC(C)(C)C)c1cccnc1. The fourth-order valence-corrected chi connectivity index (χ4v) is 3.05. The largest absolute Gasteiger partial charge is 0.349 e. The minimum Gasteiger partial charge on any atom is -0.349 e. The lowest BCUT2D eigenvalue weighted by atomic mass is 10.0. The van der Waals surface area contributed by atoms with E-state index in [2.05, 4.69) is 16.9 Å². The summed E-state index contributed by atoms with van der Waals surface area (Å²) < 4.78 is 0. The number of pyridine rings is 1. The third-order valence-electron chi connectivity index (χ3n) is 3.77. The highest BCUT2D eigenvalue weighted by molar-refractivity contribution is 7.98. The molecule has 0 spiro atoms. The van der Waals surface area contributed by atoms with Crippen LogP contribution in [-0.4, -0.2) is 28.6 Å². The number of amides is 2. The monoisotopic (exact) mass is 383 g/mol. The van der Waals surface area contributed by atoms with Crippen LogP contribution in [-0.2, 0) is 9.59 Å². The van der Waals surface area contributed by atoms with E-state index in [1.54, 1.807) is 36.3 Å². The molecule has 0 saturated carbocycles. The zero-order valence-corrected chi connectivity index (χ0v) is 16.9. The lowest BCUT2D eigenvalue weighted by molar-refractivity contribution is -0.126. The first kappa shape index (κ1) is 20.7. The molecule has 142 valence electrons. The van der Waals surface area contributed by atoms with Crippen molar-refractivity contribution in [2.24, 2.45) is 0 Å². The van der Waals surface area contributed by atoms with Gasteiger partial charge in [0.15, 0.2) is 0 Å². The van der Waals surface area contributed by atoms with Crippen LogP contribution in [0.3, 0.4) is 0 Å². The molecule has 1 aromatic carbocycles. The van der Waals surface area contributed by atoms with Crippen molar-refractivity contribution in [1.82, 2.24) is 10.3 Å². The van der Waals surface area contributed by atoms with Gasteiger partial charge in [-0.3, -0.25) is 19.5 Å². The van der Waals surface area contributed by atoms with Crippen LogP contribution in [0, 0.1) is 0 Å². The summed E-state index contributed by atoms with van der Waals surface area (Å²) in [5, 5.41) is 2.97. The summed E-state index contributed by atoms with van der Waals surface area (Å²) in [6, 6.07) is 10.2. The molecule has 27 heavy (non-hydrogen) atoms. The second-order valence-electron chi connectivity index (χ2n) is 7.04. The van der Waals surface area contributed by atoms with E-state index in [4.69, 9.17) is 0 Å². The molecule has 1 unspecified atom stereocenters. The summed E-state index contributed by atoms with van der Waals surface area (Å²) in [5.74, 6) is -0.635. The predicted octanol–water partition coefficient (Wildman–Crippen LogP) is 3.98. The normalized spacial score (nSPS) is 12.1. The quantitative estimate of drug-likeness (QED) is 0.605. The van der Waals surface area contributed by atoms with Gasteiger partial charge in [-0.1, -0.05) is 12.6 Å². The molecule has 0 radical (unpaired) electrons. The molecular weight excluding hydrogens is 358 g/mol. The summed E-state index contributed by atoms with van der Waals surface area (Å²) in [6.07, 6.45) is 6.44. The zero-order valence-electron chi connectivity index (χ0n) is 16.1. The third-order valence-corrected chi connectivity index (χ3v) is 4.51. The first-order chi connectivity index (χ1) is 12.8. The van der Waals surface area contributed by atoms with Crippen molar-refractivity contribution in [3.05, 3.63) is 67.0 Å². The lowest BCUT2D eigenvalue weighted by Gasteiger charge is -2.33. The second-order valence-corrected chi connectivity index (χ2v) is 7.92. The summed E-state index contributed by atoms with van der Waals surface area (Å²) >= 11 is 1.61. The Bertz CT molecular complexity index is 798. The molecule has 0 aliphatic heterocycles. The van der Waals surface area contributed by atoms with Crippen LogP contribution in [0.15, 0.2) is 66.3 Å². The molecule has 0 bridgehead atoms.